The van der Waals surface area contributed by atoms with Crippen molar-refractivity contribution in [1.82, 2.24) is 4.57 Å². The molecular formula is C17H14FNO2. The Morgan fingerprint density at radius 2 is 1.95 bits per heavy atom. The summed E-state index contributed by atoms with van der Waals surface area (Å²) >= 11 is 0. The predicted molar refractivity (Wildman–Crippen MR) is 80.0 cm³/mol. The van der Waals surface area contributed by atoms with Gasteiger partial charge in [-0.05, 0) is 36.2 Å². The summed E-state index contributed by atoms with van der Waals surface area (Å²) in [7, 11) is 1.79. The molecule has 0 saturated heterocycles. The lowest BCUT2D eigenvalue weighted by atomic mass is 10.0. The molecule has 4 heteroatoms. The molecule has 0 spiro atoms. The maximum absolute atomic E-state index is 14.1. The summed E-state index contributed by atoms with van der Waals surface area (Å²) in [6.07, 6.45) is 1.57. The molecule has 1 heterocycles. The van der Waals surface area contributed by atoms with Crippen molar-refractivity contribution in [2.75, 3.05) is 0 Å². The number of benzene rings is 2. The lowest BCUT2D eigenvalue weighted by Gasteiger charge is -2.06. The van der Waals surface area contributed by atoms with Crippen LogP contribution in [0.5, 0.6) is 0 Å². The number of fused-ring (bicyclic) bond motifs is 1. The van der Waals surface area contributed by atoms with E-state index in [0.717, 1.165) is 11.1 Å². The van der Waals surface area contributed by atoms with E-state index in [1.54, 1.807) is 29.9 Å². The first kappa shape index (κ1) is 13.4. The van der Waals surface area contributed by atoms with Gasteiger partial charge >= 0.3 is 5.97 Å². The molecule has 0 saturated carbocycles. The van der Waals surface area contributed by atoms with Gasteiger partial charge in [-0.3, -0.25) is 0 Å². The Bertz CT molecular complexity index is 865. The molecule has 106 valence electrons. The minimum absolute atomic E-state index is 0.224. The molecule has 0 atom stereocenters. The summed E-state index contributed by atoms with van der Waals surface area (Å²) in [6, 6.07) is 10.4. The van der Waals surface area contributed by atoms with E-state index in [-0.39, 0.29) is 11.4 Å². The third kappa shape index (κ3) is 2.18. The molecule has 2 aromatic carbocycles. The van der Waals surface area contributed by atoms with Crippen LogP contribution in [0, 0.1) is 12.7 Å². The minimum Gasteiger partial charge on any atom is -0.478 e. The second kappa shape index (κ2) is 4.74. The van der Waals surface area contributed by atoms with Gasteiger partial charge in [-0.25, -0.2) is 9.18 Å². The summed E-state index contributed by atoms with van der Waals surface area (Å²) in [6.45, 7) is 1.83. The average Bonchev–Trinajstić information content (AvgIpc) is 2.76. The fourth-order valence-corrected chi connectivity index (χ4v) is 2.58. The predicted octanol–water partition coefficient (Wildman–Crippen LogP) is 3.99. The summed E-state index contributed by atoms with van der Waals surface area (Å²) in [5.74, 6) is -1.29. The molecule has 21 heavy (non-hydrogen) atoms. The Balaban J connectivity index is 2.25. The number of nitrogens with zero attached hydrogens (tertiary/aromatic N) is 1. The molecule has 0 bridgehead atoms. The van der Waals surface area contributed by atoms with E-state index in [1.807, 2.05) is 25.1 Å². The lowest BCUT2D eigenvalue weighted by molar-refractivity contribution is 0.0699. The molecule has 3 aromatic rings. The Morgan fingerprint density at radius 1 is 1.19 bits per heavy atom. The molecule has 1 aromatic heterocycles. The van der Waals surface area contributed by atoms with Gasteiger partial charge in [0.25, 0.3) is 0 Å². The summed E-state index contributed by atoms with van der Waals surface area (Å²) in [5, 5.41) is 9.87. The number of aromatic carboxylic acids is 1. The number of aromatic nitrogens is 1. The second-order valence-corrected chi connectivity index (χ2v) is 5.17. The number of halogens is 1. The number of hydrogen-bond acceptors (Lipinski definition) is 1. The molecule has 0 radical (unpaired) electrons. The first-order chi connectivity index (χ1) is 9.97. The van der Waals surface area contributed by atoms with E-state index >= 15 is 0 Å². The van der Waals surface area contributed by atoms with Crippen molar-refractivity contribution in [3.8, 4) is 11.1 Å². The first-order valence-corrected chi connectivity index (χ1v) is 6.56. The Kier molecular flexibility index (Phi) is 3.01. The van der Waals surface area contributed by atoms with Gasteiger partial charge in [0.15, 0.2) is 0 Å². The molecule has 0 fully saturated rings. The molecule has 0 aliphatic heterocycles. The van der Waals surface area contributed by atoms with Crippen LogP contribution in [0.3, 0.4) is 0 Å². The van der Waals surface area contributed by atoms with Crippen LogP contribution < -0.4 is 0 Å². The van der Waals surface area contributed by atoms with E-state index in [0.29, 0.717) is 16.5 Å². The summed E-state index contributed by atoms with van der Waals surface area (Å²) < 4.78 is 15.8. The third-order valence-electron chi connectivity index (χ3n) is 3.66. The smallest absolute Gasteiger partial charge is 0.337 e. The maximum Gasteiger partial charge on any atom is 0.337 e. The standard InChI is InChI=1S/C17H14FNO2/c1-10-3-5-12(15(18)7-10)11-4-6-16-13(8-11)14(17(20)21)9-19(16)2/h3-9H,1-2H3,(H,20,21). The average molecular weight is 283 g/mol. The van der Waals surface area contributed by atoms with Crippen LogP contribution >= 0.6 is 0 Å². The van der Waals surface area contributed by atoms with Crippen LogP contribution in [0.25, 0.3) is 22.0 Å². The zero-order valence-corrected chi connectivity index (χ0v) is 11.7. The van der Waals surface area contributed by atoms with Crippen LogP contribution in [-0.4, -0.2) is 15.6 Å². The van der Waals surface area contributed by atoms with Gasteiger partial charge in [0.2, 0.25) is 0 Å². The number of carboxylic acids is 1. The van der Waals surface area contributed by atoms with E-state index in [4.69, 9.17) is 0 Å². The topological polar surface area (TPSA) is 42.2 Å². The number of rotatable bonds is 2. The van der Waals surface area contributed by atoms with Crippen LogP contribution in [0.2, 0.25) is 0 Å². The van der Waals surface area contributed by atoms with Gasteiger partial charge in [0.1, 0.15) is 5.82 Å². The highest BCUT2D eigenvalue weighted by atomic mass is 19.1. The molecule has 0 unspecified atom stereocenters. The minimum atomic E-state index is -0.984. The highest BCUT2D eigenvalue weighted by Crippen LogP contribution is 2.29. The van der Waals surface area contributed by atoms with Crippen molar-refractivity contribution in [2.24, 2.45) is 7.05 Å². The van der Waals surface area contributed by atoms with Crippen LogP contribution in [0.15, 0.2) is 42.6 Å². The van der Waals surface area contributed by atoms with Crippen LogP contribution in [0.4, 0.5) is 4.39 Å². The molecule has 0 aliphatic carbocycles. The molecule has 0 amide bonds. The summed E-state index contributed by atoms with van der Waals surface area (Å²) in [4.78, 5) is 11.3. The normalized spacial score (nSPS) is 11.0. The number of hydrogen-bond donors (Lipinski definition) is 1. The molecular weight excluding hydrogens is 269 g/mol. The fourth-order valence-electron chi connectivity index (χ4n) is 2.58. The van der Waals surface area contributed by atoms with Crippen molar-refractivity contribution in [2.45, 2.75) is 6.92 Å². The summed E-state index contributed by atoms with van der Waals surface area (Å²) in [5.41, 5.74) is 3.03. The van der Waals surface area contributed by atoms with Crippen molar-refractivity contribution in [3.05, 3.63) is 59.5 Å². The van der Waals surface area contributed by atoms with Crippen molar-refractivity contribution >= 4 is 16.9 Å². The number of aryl methyl sites for hydroxylation is 2. The van der Waals surface area contributed by atoms with Gasteiger partial charge in [-0.1, -0.05) is 18.2 Å². The Hall–Kier alpha value is -2.62. The maximum atomic E-state index is 14.1. The molecule has 1 N–H and O–H groups in total. The zero-order valence-electron chi connectivity index (χ0n) is 11.7. The number of carbonyl (C=O) groups is 1. The van der Waals surface area contributed by atoms with Crippen molar-refractivity contribution in [1.29, 1.82) is 0 Å². The number of carboxylic acid groups (broad SMARTS) is 1. The first-order valence-electron chi connectivity index (χ1n) is 6.56. The van der Waals surface area contributed by atoms with Gasteiger partial charge in [0.05, 0.1) is 5.56 Å². The molecule has 3 nitrogen and oxygen atoms in total. The SMILES string of the molecule is Cc1ccc(-c2ccc3c(c2)c(C(=O)O)cn3C)c(F)c1. The van der Waals surface area contributed by atoms with Gasteiger partial charge in [0, 0.05) is 29.7 Å². The van der Waals surface area contributed by atoms with Gasteiger partial charge in [-0.2, -0.15) is 0 Å². The lowest BCUT2D eigenvalue weighted by Crippen LogP contribution is -1.94. The second-order valence-electron chi connectivity index (χ2n) is 5.17. The van der Waals surface area contributed by atoms with Gasteiger partial charge < -0.3 is 9.67 Å². The van der Waals surface area contributed by atoms with E-state index in [9.17, 15) is 14.3 Å². The Morgan fingerprint density at radius 3 is 2.62 bits per heavy atom. The van der Waals surface area contributed by atoms with Crippen molar-refractivity contribution in [3.63, 3.8) is 0 Å². The third-order valence-corrected chi connectivity index (χ3v) is 3.66. The van der Waals surface area contributed by atoms with E-state index in [2.05, 4.69) is 0 Å². The van der Waals surface area contributed by atoms with E-state index < -0.39 is 5.97 Å². The fraction of sp³-hybridized carbons (Fsp3) is 0.118. The highest BCUT2D eigenvalue weighted by molar-refractivity contribution is 6.04. The van der Waals surface area contributed by atoms with Crippen LogP contribution in [0.1, 0.15) is 15.9 Å². The van der Waals surface area contributed by atoms with Gasteiger partial charge in [-0.15, -0.1) is 0 Å². The molecule has 3 rings (SSSR count). The van der Waals surface area contributed by atoms with E-state index in [1.165, 1.54) is 6.07 Å². The Labute approximate surface area is 121 Å². The zero-order chi connectivity index (χ0) is 15.1. The largest absolute Gasteiger partial charge is 0.478 e. The molecule has 0 aliphatic rings. The van der Waals surface area contributed by atoms with Crippen LogP contribution in [-0.2, 0) is 7.05 Å². The van der Waals surface area contributed by atoms with Crippen molar-refractivity contribution < 1.29 is 14.3 Å². The highest BCUT2D eigenvalue weighted by Gasteiger charge is 2.14. The quantitative estimate of drug-likeness (QED) is 0.772. The monoisotopic (exact) mass is 283 g/mol.